The first-order chi connectivity index (χ1) is 9.65. The average Bonchev–Trinajstić information content (AvgIpc) is 2.48. The molecule has 2 nitrogen and oxygen atoms in total. The lowest BCUT2D eigenvalue weighted by Crippen LogP contribution is -2.13. The zero-order chi connectivity index (χ0) is 14.1. The van der Waals surface area contributed by atoms with Crippen molar-refractivity contribution in [1.82, 2.24) is 4.98 Å². The molecule has 0 aliphatic carbocycles. The molecule has 0 saturated heterocycles. The van der Waals surface area contributed by atoms with Crippen LogP contribution in [0.1, 0.15) is 22.7 Å². The number of nitrogens with zero attached hydrogens (tertiary/aromatic N) is 1. The lowest BCUT2D eigenvalue weighted by Gasteiger charge is -2.16. The number of aryl methyl sites for hydroxylation is 1. The van der Waals surface area contributed by atoms with E-state index in [1.54, 1.807) is 12.3 Å². The highest BCUT2D eigenvalue weighted by Gasteiger charge is 2.13. The summed E-state index contributed by atoms with van der Waals surface area (Å²) in [5.74, 6) is -0.264. The predicted molar refractivity (Wildman–Crippen MR) is 78.9 cm³/mol. The average molecular weight is 266 g/mol. The van der Waals surface area contributed by atoms with E-state index in [9.17, 15) is 4.39 Å². The second-order valence-corrected chi connectivity index (χ2v) is 4.93. The molecule has 1 atom stereocenters. The number of hydrogen-bond donors (Lipinski definition) is 1. The molecule has 0 aliphatic heterocycles. The highest BCUT2D eigenvalue weighted by molar-refractivity contribution is 5.79. The number of aromatic nitrogens is 1. The van der Waals surface area contributed by atoms with Crippen molar-refractivity contribution in [2.75, 3.05) is 0 Å². The van der Waals surface area contributed by atoms with Gasteiger partial charge in [-0.2, -0.15) is 0 Å². The van der Waals surface area contributed by atoms with Gasteiger partial charge in [-0.15, -0.1) is 0 Å². The van der Waals surface area contributed by atoms with Crippen LogP contribution >= 0.6 is 0 Å². The van der Waals surface area contributed by atoms with E-state index in [4.69, 9.17) is 5.73 Å². The maximum absolute atomic E-state index is 13.4. The minimum Gasteiger partial charge on any atom is -0.320 e. The Morgan fingerprint density at radius 3 is 2.80 bits per heavy atom. The molecule has 1 aromatic heterocycles. The highest BCUT2D eigenvalue weighted by atomic mass is 19.1. The van der Waals surface area contributed by atoms with Gasteiger partial charge in [0.1, 0.15) is 5.82 Å². The van der Waals surface area contributed by atoms with Crippen molar-refractivity contribution < 1.29 is 4.39 Å². The standard InChI is InChI=1S/C17H15FN2/c1-11-4-7-14(18)10-15(11)17(19)13-6-5-12-3-2-8-20-16(12)9-13/h2-10,17H,19H2,1H3. The molecular weight excluding hydrogens is 251 g/mol. The van der Waals surface area contributed by atoms with Gasteiger partial charge in [0.05, 0.1) is 11.6 Å². The normalized spacial score (nSPS) is 12.6. The van der Waals surface area contributed by atoms with Gasteiger partial charge >= 0.3 is 0 Å². The number of pyridine rings is 1. The van der Waals surface area contributed by atoms with Crippen LogP contribution in [0.4, 0.5) is 4.39 Å². The second-order valence-electron chi connectivity index (χ2n) is 4.93. The first kappa shape index (κ1) is 12.8. The van der Waals surface area contributed by atoms with Gasteiger partial charge in [-0.3, -0.25) is 4.98 Å². The SMILES string of the molecule is Cc1ccc(F)cc1C(N)c1ccc2cccnc2c1. The molecule has 100 valence electrons. The third-order valence-electron chi connectivity index (χ3n) is 3.57. The van der Waals surface area contributed by atoms with E-state index in [-0.39, 0.29) is 11.9 Å². The minimum atomic E-state index is -0.350. The van der Waals surface area contributed by atoms with Gasteiger partial charge < -0.3 is 5.73 Å². The Hall–Kier alpha value is -2.26. The summed E-state index contributed by atoms with van der Waals surface area (Å²) in [7, 11) is 0. The van der Waals surface area contributed by atoms with Crippen LogP contribution in [0.5, 0.6) is 0 Å². The van der Waals surface area contributed by atoms with Gasteiger partial charge in [-0.05, 0) is 47.9 Å². The Labute approximate surface area is 117 Å². The Morgan fingerprint density at radius 2 is 1.95 bits per heavy atom. The summed E-state index contributed by atoms with van der Waals surface area (Å²) < 4.78 is 13.4. The summed E-state index contributed by atoms with van der Waals surface area (Å²) in [6, 6.07) is 14.2. The van der Waals surface area contributed by atoms with Gasteiger partial charge in [0.2, 0.25) is 0 Å². The van der Waals surface area contributed by atoms with Crippen molar-refractivity contribution in [3.63, 3.8) is 0 Å². The van der Waals surface area contributed by atoms with Crippen LogP contribution in [-0.4, -0.2) is 4.98 Å². The molecular formula is C17H15FN2. The van der Waals surface area contributed by atoms with E-state index >= 15 is 0 Å². The largest absolute Gasteiger partial charge is 0.320 e. The number of nitrogens with two attached hydrogens (primary N) is 1. The summed E-state index contributed by atoms with van der Waals surface area (Å²) in [6.45, 7) is 1.94. The Balaban J connectivity index is 2.07. The Bertz CT molecular complexity index is 768. The van der Waals surface area contributed by atoms with Gasteiger partial charge in [0.15, 0.2) is 0 Å². The van der Waals surface area contributed by atoms with Crippen LogP contribution in [0.3, 0.4) is 0 Å². The molecule has 1 heterocycles. The minimum absolute atomic E-state index is 0.264. The van der Waals surface area contributed by atoms with E-state index in [1.165, 1.54) is 12.1 Å². The predicted octanol–water partition coefficient (Wildman–Crippen LogP) is 3.73. The summed E-state index contributed by atoms with van der Waals surface area (Å²) >= 11 is 0. The molecule has 0 fully saturated rings. The smallest absolute Gasteiger partial charge is 0.123 e. The van der Waals surface area contributed by atoms with E-state index in [1.807, 2.05) is 37.3 Å². The third kappa shape index (κ3) is 2.28. The molecule has 0 spiro atoms. The van der Waals surface area contributed by atoms with Crippen LogP contribution < -0.4 is 5.73 Å². The summed E-state index contributed by atoms with van der Waals surface area (Å²) in [6.07, 6.45) is 1.76. The van der Waals surface area contributed by atoms with Crippen LogP contribution in [-0.2, 0) is 0 Å². The van der Waals surface area contributed by atoms with Gasteiger partial charge in [0, 0.05) is 11.6 Å². The van der Waals surface area contributed by atoms with Crippen LogP contribution in [0.25, 0.3) is 10.9 Å². The van der Waals surface area contributed by atoms with Crippen molar-refractivity contribution in [2.24, 2.45) is 5.73 Å². The first-order valence-electron chi connectivity index (χ1n) is 6.51. The van der Waals surface area contributed by atoms with Crippen molar-refractivity contribution in [3.8, 4) is 0 Å². The van der Waals surface area contributed by atoms with Gasteiger partial charge in [0.25, 0.3) is 0 Å². The van der Waals surface area contributed by atoms with Crippen LogP contribution in [0.2, 0.25) is 0 Å². The van der Waals surface area contributed by atoms with Gasteiger partial charge in [-0.1, -0.05) is 24.3 Å². The van der Waals surface area contributed by atoms with Crippen LogP contribution in [0.15, 0.2) is 54.7 Å². The molecule has 3 heteroatoms. The zero-order valence-corrected chi connectivity index (χ0v) is 11.2. The fourth-order valence-corrected chi connectivity index (χ4v) is 2.40. The topological polar surface area (TPSA) is 38.9 Å². The second kappa shape index (κ2) is 5.02. The quantitative estimate of drug-likeness (QED) is 0.767. The van der Waals surface area contributed by atoms with E-state index in [0.29, 0.717) is 0 Å². The van der Waals surface area contributed by atoms with Gasteiger partial charge in [-0.25, -0.2) is 4.39 Å². The van der Waals surface area contributed by atoms with Crippen molar-refractivity contribution in [3.05, 3.63) is 77.2 Å². The number of halogens is 1. The molecule has 1 unspecified atom stereocenters. The van der Waals surface area contributed by atoms with Crippen molar-refractivity contribution in [2.45, 2.75) is 13.0 Å². The number of rotatable bonds is 2. The number of benzene rings is 2. The summed E-state index contributed by atoms with van der Waals surface area (Å²) in [4.78, 5) is 4.33. The lowest BCUT2D eigenvalue weighted by molar-refractivity contribution is 0.622. The maximum Gasteiger partial charge on any atom is 0.123 e. The molecule has 0 radical (unpaired) electrons. The van der Waals surface area contributed by atoms with E-state index in [2.05, 4.69) is 4.98 Å². The van der Waals surface area contributed by atoms with Crippen molar-refractivity contribution >= 4 is 10.9 Å². The summed E-state index contributed by atoms with van der Waals surface area (Å²) in [5.41, 5.74) is 9.91. The monoisotopic (exact) mass is 266 g/mol. The molecule has 0 aliphatic rings. The Morgan fingerprint density at radius 1 is 1.10 bits per heavy atom. The third-order valence-corrected chi connectivity index (χ3v) is 3.57. The Kier molecular flexibility index (Phi) is 3.20. The molecule has 2 N–H and O–H groups in total. The maximum atomic E-state index is 13.4. The highest BCUT2D eigenvalue weighted by Crippen LogP contribution is 2.25. The molecule has 0 saturated carbocycles. The fourth-order valence-electron chi connectivity index (χ4n) is 2.40. The van der Waals surface area contributed by atoms with Crippen molar-refractivity contribution in [1.29, 1.82) is 0 Å². The molecule has 3 rings (SSSR count). The van der Waals surface area contributed by atoms with Crippen LogP contribution in [0, 0.1) is 12.7 Å². The first-order valence-corrected chi connectivity index (χ1v) is 6.51. The molecule has 3 aromatic rings. The van der Waals surface area contributed by atoms with E-state index in [0.717, 1.165) is 27.6 Å². The molecule has 0 bridgehead atoms. The fraction of sp³-hybridized carbons (Fsp3) is 0.118. The molecule has 2 aromatic carbocycles. The number of hydrogen-bond acceptors (Lipinski definition) is 2. The van der Waals surface area contributed by atoms with E-state index < -0.39 is 0 Å². The summed E-state index contributed by atoms with van der Waals surface area (Å²) in [5, 5.41) is 1.07. The number of fused-ring (bicyclic) bond motifs is 1. The lowest BCUT2D eigenvalue weighted by atomic mass is 9.95. The molecule has 0 amide bonds. The zero-order valence-electron chi connectivity index (χ0n) is 11.2. The molecule has 20 heavy (non-hydrogen) atoms.